The zero-order chi connectivity index (χ0) is 27.0. The Morgan fingerprint density at radius 3 is 2.34 bits per heavy atom. The molecule has 4 aromatic rings. The summed E-state index contributed by atoms with van der Waals surface area (Å²) in [6.07, 6.45) is 5.34. The van der Waals surface area contributed by atoms with Gasteiger partial charge in [-0.15, -0.1) is 0 Å². The van der Waals surface area contributed by atoms with E-state index >= 15 is 0 Å². The average Bonchev–Trinajstić information content (AvgIpc) is 3.54. The van der Waals surface area contributed by atoms with Gasteiger partial charge in [-0.3, -0.25) is 4.79 Å². The standard InChI is InChI=1S/C29H27Cl2N3O3S/c1-18-7-5-12-24(30)28(18)34-27(17-26(33-34)29(35)32-21-9-3-4-10-21)23-14-13-20(16-25(23)31)19-8-6-11-22(15-19)38(2,36)37/h5-8,11-17,21H,3-4,9-10H2,1-2H3,(H,32,35). The molecule has 0 saturated heterocycles. The van der Waals surface area contributed by atoms with Crippen LogP contribution in [0.5, 0.6) is 0 Å². The van der Waals surface area contributed by atoms with Crippen molar-refractivity contribution >= 4 is 38.9 Å². The molecule has 3 aromatic carbocycles. The highest BCUT2D eigenvalue weighted by Gasteiger charge is 2.24. The summed E-state index contributed by atoms with van der Waals surface area (Å²) in [4.78, 5) is 13.4. The van der Waals surface area contributed by atoms with Gasteiger partial charge in [-0.25, -0.2) is 13.1 Å². The monoisotopic (exact) mass is 567 g/mol. The molecule has 0 aliphatic heterocycles. The van der Waals surface area contributed by atoms with Crippen LogP contribution in [0.15, 0.2) is 71.6 Å². The molecule has 1 heterocycles. The molecule has 5 rings (SSSR count). The highest BCUT2D eigenvalue weighted by molar-refractivity contribution is 7.90. The van der Waals surface area contributed by atoms with Gasteiger partial charge in [0.15, 0.2) is 15.5 Å². The molecule has 0 spiro atoms. The van der Waals surface area contributed by atoms with Gasteiger partial charge < -0.3 is 5.32 Å². The van der Waals surface area contributed by atoms with E-state index in [1.807, 2.05) is 37.3 Å². The summed E-state index contributed by atoms with van der Waals surface area (Å²) in [6, 6.07) is 19.7. The number of benzene rings is 3. The smallest absolute Gasteiger partial charge is 0.272 e. The quantitative estimate of drug-likeness (QED) is 0.275. The predicted octanol–water partition coefficient (Wildman–Crippen LogP) is 6.90. The molecule has 1 aliphatic carbocycles. The van der Waals surface area contributed by atoms with E-state index in [1.165, 1.54) is 6.26 Å². The van der Waals surface area contributed by atoms with Crippen LogP contribution < -0.4 is 5.32 Å². The molecule has 0 radical (unpaired) electrons. The Hall–Kier alpha value is -3.13. The molecule has 0 unspecified atom stereocenters. The maximum Gasteiger partial charge on any atom is 0.272 e. The SMILES string of the molecule is Cc1cccc(Cl)c1-n1nc(C(=O)NC2CCCC2)cc1-c1ccc(-c2cccc(S(C)(=O)=O)c2)cc1Cl. The number of aryl methyl sites for hydroxylation is 1. The highest BCUT2D eigenvalue weighted by Crippen LogP contribution is 2.36. The largest absolute Gasteiger partial charge is 0.348 e. The lowest BCUT2D eigenvalue weighted by atomic mass is 10.0. The average molecular weight is 569 g/mol. The third-order valence-corrected chi connectivity index (χ3v) is 8.60. The van der Waals surface area contributed by atoms with Gasteiger partial charge >= 0.3 is 0 Å². The molecule has 1 aliphatic rings. The topological polar surface area (TPSA) is 81.1 Å². The van der Waals surface area contributed by atoms with Crippen LogP contribution in [0.25, 0.3) is 28.1 Å². The van der Waals surface area contributed by atoms with E-state index in [4.69, 9.17) is 23.2 Å². The minimum absolute atomic E-state index is 0.156. The van der Waals surface area contributed by atoms with Crippen LogP contribution in [0.1, 0.15) is 41.7 Å². The fourth-order valence-electron chi connectivity index (χ4n) is 4.88. The molecule has 9 heteroatoms. The van der Waals surface area contributed by atoms with Crippen molar-refractivity contribution in [2.24, 2.45) is 0 Å². The van der Waals surface area contributed by atoms with Gasteiger partial charge in [-0.2, -0.15) is 5.10 Å². The summed E-state index contributed by atoms with van der Waals surface area (Å²) in [5, 5.41) is 8.71. The second-order valence-electron chi connectivity index (χ2n) is 9.68. The van der Waals surface area contributed by atoms with Crippen LogP contribution in [0.2, 0.25) is 10.0 Å². The summed E-state index contributed by atoms with van der Waals surface area (Å²) in [6.45, 7) is 1.93. The van der Waals surface area contributed by atoms with Crippen LogP contribution >= 0.6 is 23.2 Å². The Labute approximate surface area is 232 Å². The fourth-order valence-corrected chi connectivity index (χ4v) is 6.13. The van der Waals surface area contributed by atoms with Crippen LogP contribution in [0.3, 0.4) is 0 Å². The Morgan fingerprint density at radius 2 is 1.66 bits per heavy atom. The van der Waals surface area contributed by atoms with Gasteiger partial charge in [0.25, 0.3) is 5.91 Å². The van der Waals surface area contributed by atoms with Gasteiger partial charge in [0.1, 0.15) is 0 Å². The van der Waals surface area contributed by atoms with Crippen LogP contribution in [0.4, 0.5) is 0 Å². The summed E-state index contributed by atoms with van der Waals surface area (Å²) < 4.78 is 25.7. The first-order chi connectivity index (χ1) is 18.1. The number of halogens is 2. The zero-order valence-electron chi connectivity index (χ0n) is 21.0. The molecule has 1 saturated carbocycles. The van der Waals surface area contributed by atoms with Gasteiger partial charge in [0.05, 0.1) is 26.3 Å². The van der Waals surface area contributed by atoms with Crippen molar-refractivity contribution in [3.63, 3.8) is 0 Å². The summed E-state index contributed by atoms with van der Waals surface area (Å²) >= 11 is 13.4. The van der Waals surface area contributed by atoms with Crippen LogP contribution in [0, 0.1) is 6.92 Å². The molecule has 6 nitrogen and oxygen atoms in total. The molecule has 196 valence electrons. The van der Waals surface area contributed by atoms with Crippen molar-refractivity contribution in [3.8, 4) is 28.1 Å². The van der Waals surface area contributed by atoms with Crippen LogP contribution in [-0.2, 0) is 9.84 Å². The number of nitrogens with one attached hydrogen (secondary N) is 1. The minimum atomic E-state index is -3.35. The molecule has 38 heavy (non-hydrogen) atoms. The van der Waals surface area contributed by atoms with E-state index in [-0.39, 0.29) is 22.5 Å². The van der Waals surface area contributed by atoms with Gasteiger partial charge in [0, 0.05) is 17.9 Å². The number of hydrogen-bond acceptors (Lipinski definition) is 4. The number of nitrogens with zero attached hydrogens (tertiary/aromatic N) is 2. The highest BCUT2D eigenvalue weighted by atomic mass is 35.5. The Bertz CT molecular complexity index is 1620. The first-order valence-electron chi connectivity index (χ1n) is 12.4. The van der Waals surface area contributed by atoms with Gasteiger partial charge in [0.2, 0.25) is 0 Å². The lowest BCUT2D eigenvalue weighted by molar-refractivity contribution is 0.0932. The molecule has 0 bridgehead atoms. The minimum Gasteiger partial charge on any atom is -0.348 e. The van der Waals surface area contributed by atoms with Crippen molar-refractivity contribution in [3.05, 3.63) is 88.0 Å². The third kappa shape index (κ3) is 5.37. The second kappa shape index (κ2) is 10.6. The number of hydrogen-bond donors (Lipinski definition) is 1. The van der Waals surface area contributed by atoms with E-state index in [0.717, 1.165) is 42.4 Å². The Morgan fingerprint density at radius 1 is 0.947 bits per heavy atom. The fraction of sp³-hybridized carbons (Fsp3) is 0.241. The third-order valence-electron chi connectivity index (χ3n) is 6.87. The molecule has 1 amide bonds. The van der Waals surface area contributed by atoms with Crippen molar-refractivity contribution in [2.75, 3.05) is 6.26 Å². The van der Waals surface area contributed by atoms with Crippen LogP contribution in [-0.4, -0.2) is 36.4 Å². The molecule has 1 aromatic heterocycles. The van der Waals surface area contributed by atoms with Crippen molar-refractivity contribution < 1.29 is 13.2 Å². The number of aromatic nitrogens is 2. The molecular formula is C29H27Cl2N3O3S. The first kappa shape index (κ1) is 26.5. The normalized spacial score (nSPS) is 14.1. The number of carbonyl (C=O) groups excluding carboxylic acids is 1. The Balaban J connectivity index is 1.59. The first-order valence-corrected chi connectivity index (χ1v) is 15.0. The van der Waals surface area contributed by atoms with E-state index in [9.17, 15) is 13.2 Å². The van der Waals surface area contributed by atoms with Crippen molar-refractivity contribution in [1.82, 2.24) is 15.1 Å². The van der Waals surface area contributed by atoms with E-state index in [0.29, 0.717) is 27.0 Å². The number of carbonyl (C=O) groups is 1. The second-order valence-corrected chi connectivity index (χ2v) is 12.5. The molecular weight excluding hydrogens is 541 g/mol. The summed E-state index contributed by atoms with van der Waals surface area (Å²) in [5.41, 5.74) is 4.64. The number of rotatable bonds is 6. The van der Waals surface area contributed by atoms with Crippen molar-refractivity contribution in [2.45, 2.75) is 43.5 Å². The van der Waals surface area contributed by atoms with Crippen molar-refractivity contribution in [1.29, 1.82) is 0 Å². The molecule has 1 fully saturated rings. The zero-order valence-corrected chi connectivity index (χ0v) is 23.4. The predicted molar refractivity (Wildman–Crippen MR) is 152 cm³/mol. The van der Waals surface area contributed by atoms with E-state index < -0.39 is 9.84 Å². The van der Waals surface area contributed by atoms with E-state index in [1.54, 1.807) is 41.1 Å². The number of amides is 1. The number of para-hydroxylation sites is 1. The maximum atomic E-state index is 13.1. The maximum absolute atomic E-state index is 13.1. The lowest BCUT2D eigenvalue weighted by Gasteiger charge is -2.14. The van der Waals surface area contributed by atoms with Gasteiger partial charge in [-0.05, 0) is 66.8 Å². The summed E-state index contributed by atoms with van der Waals surface area (Å²) in [5.74, 6) is -0.230. The summed E-state index contributed by atoms with van der Waals surface area (Å²) in [7, 11) is -3.35. The molecule has 0 atom stereocenters. The van der Waals surface area contributed by atoms with E-state index in [2.05, 4.69) is 10.4 Å². The molecule has 1 N–H and O–H groups in total. The Kier molecular flexibility index (Phi) is 7.36. The number of sulfone groups is 1. The van der Waals surface area contributed by atoms with Gasteiger partial charge in [-0.1, -0.05) is 72.4 Å². The lowest BCUT2D eigenvalue weighted by Crippen LogP contribution is -2.32.